The van der Waals surface area contributed by atoms with Crippen molar-refractivity contribution in [3.8, 4) is 0 Å². The topological polar surface area (TPSA) is 144 Å². The van der Waals surface area contributed by atoms with Crippen molar-refractivity contribution in [2.24, 2.45) is 0 Å². The molecule has 1 aromatic rings. The molecule has 1 N–H and O–H groups in total. The van der Waals surface area contributed by atoms with Crippen molar-refractivity contribution in [2.45, 2.75) is 19.8 Å². The largest absolute Gasteiger partial charge is 0.379 e. The van der Waals surface area contributed by atoms with Crippen molar-refractivity contribution in [3.63, 3.8) is 0 Å². The average molecular weight is 459 g/mol. The van der Waals surface area contributed by atoms with Gasteiger partial charge in [-0.1, -0.05) is 13.3 Å². The van der Waals surface area contributed by atoms with Crippen LogP contribution in [-0.2, 0) is 23.7 Å². The van der Waals surface area contributed by atoms with Crippen LogP contribution in [0.15, 0.2) is 18.2 Å². The molecule has 0 aliphatic heterocycles. The van der Waals surface area contributed by atoms with Gasteiger partial charge >= 0.3 is 0 Å². The number of rotatable bonds is 21. The van der Waals surface area contributed by atoms with Gasteiger partial charge in [0.15, 0.2) is 0 Å². The number of benzene rings is 1. The number of ether oxygens (including phenoxy) is 5. The minimum atomic E-state index is -0.676. The van der Waals surface area contributed by atoms with Gasteiger partial charge < -0.3 is 29.0 Å². The molecule has 0 unspecified atom stereocenters. The maximum absolute atomic E-state index is 11.1. The number of nitrogens with zero attached hydrogens (tertiary/aromatic N) is 2. The Balaban J connectivity index is 1.94. The molecule has 1 aromatic carbocycles. The molecule has 0 saturated carbocycles. The van der Waals surface area contributed by atoms with Gasteiger partial charge in [-0.3, -0.25) is 20.2 Å². The van der Waals surface area contributed by atoms with Crippen LogP contribution in [0.25, 0.3) is 0 Å². The molecule has 32 heavy (non-hydrogen) atoms. The van der Waals surface area contributed by atoms with Gasteiger partial charge in [0, 0.05) is 19.2 Å². The Morgan fingerprint density at radius 3 is 1.72 bits per heavy atom. The Hall–Kier alpha value is -2.38. The normalized spacial score (nSPS) is 10.9. The Kier molecular flexibility index (Phi) is 15.7. The van der Waals surface area contributed by atoms with E-state index >= 15 is 0 Å². The molecule has 12 heteroatoms. The van der Waals surface area contributed by atoms with Crippen molar-refractivity contribution >= 4 is 17.1 Å². The summed E-state index contributed by atoms with van der Waals surface area (Å²) in [5, 5.41) is 24.6. The molecule has 0 amide bonds. The van der Waals surface area contributed by atoms with E-state index in [1.165, 1.54) is 12.1 Å². The number of non-ortho nitro benzene ring substituents is 1. The zero-order chi connectivity index (χ0) is 23.4. The molecule has 0 bridgehead atoms. The highest BCUT2D eigenvalue weighted by atomic mass is 16.6. The van der Waals surface area contributed by atoms with E-state index in [0.29, 0.717) is 66.0 Å². The third kappa shape index (κ3) is 13.1. The molecule has 12 nitrogen and oxygen atoms in total. The van der Waals surface area contributed by atoms with Gasteiger partial charge in [-0.25, -0.2) is 0 Å². The summed E-state index contributed by atoms with van der Waals surface area (Å²) >= 11 is 0. The van der Waals surface area contributed by atoms with E-state index in [2.05, 4.69) is 12.2 Å². The monoisotopic (exact) mass is 459 g/mol. The van der Waals surface area contributed by atoms with E-state index in [1.807, 2.05) is 0 Å². The second-order valence-corrected chi connectivity index (χ2v) is 6.56. The highest BCUT2D eigenvalue weighted by molar-refractivity contribution is 5.65. The predicted molar refractivity (Wildman–Crippen MR) is 117 cm³/mol. The highest BCUT2D eigenvalue weighted by Crippen LogP contribution is 2.28. The van der Waals surface area contributed by atoms with Crippen molar-refractivity contribution in [2.75, 3.05) is 77.9 Å². The smallest absolute Gasteiger partial charge is 0.299 e. The van der Waals surface area contributed by atoms with E-state index in [4.69, 9.17) is 23.7 Å². The Morgan fingerprint density at radius 1 is 0.750 bits per heavy atom. The van der Waals surface area contributed by atoms with Crippen LogP contribution < -0.4 is 5.32 Å². The van der Waals surface area contributed by atoms with Gasteiger partial charge in [-0.15, -0.1) is 0 Å². The number of hydrogen-bond donors (Lipinski definition) is 1. The summed E-state index contributed by atoms with van der Waals surface area (Å²) in [5.74, 6) is 0. The van der Waals surface area contributed by atoms with Gasteiger partial charge in [0.05, 0.1) is 75.4 Å². The third-order valence-corrected chi connectivity index (χ3v) is 4.08. The Labute approximate surface area is 187 Å². The molecular formula is C20H33N3O9. The van der Waals surface area contributed by atoms with Crippen LogP contribution in [0.1, 0.15) is 19.8 Å². The fourth-order valence-corrected chi connectivity index (χ4v) is 2.42. The third-order valence-electron chi connectivity index (χ3n) is 4.08. The summed E-state index contributed by atoms with van der Waals surface area (Å²) < 4.78 is 26.9. The lowest BCUT2D eigenvalue weighted by Gasteiger charge is -2.09. The number of nitro groups is 2. The molecule has 0 radical (unpaired) electrons. The van der Waals surface area contributed by atoms with E-state index < -0.39 is 9.85 Å². The Bertz CT molecular complexity index is 661. The second-order valence-electron chi connectivity index (χ2n) is 6.56. The predicted octanol–water partition coefficient (Wildman–Crippen LogP) is 2.80. The molecule has 0 fully saturated rings. The fraction of sp³-hybridized carbons (Fsp3) is 0.700. The van der Waals surface area contributed by atoms with Gasteiger partial charge in [0.25, 0.3) is 11.4 Å². The molecule has 0 aliphatic rings. The first kappa shape index (κ1) is 27.7. The van der Waals surface area contributed by atoms with E-state index in [0.717, 1.165) is 25.5 Å². The second kappa shape index (κ2) is 18.2. The first-order valence-electron chi connectivity index (χ1n) is 10.6. The summed E-state index contributed by atoms with van der Waals surface area (Å²) in [5.41, 5.74) is -0.488. The molecule has 0 aliphatic carbocycles. The van der Waals surface area contributed by atoms with Gasteiger partial charge in [0.2, 0.25) is 0 Å². The molecular weight excluding hydrogens is 426 g/mol. The zero-order valence-corrected chi connectivity index (χ0v) is 18.5. The number of nitro benzene ring substituents is 2. The molecule has 0 atom stereocenters. The minimum Gasteiger partial charge on any atom is -0.379 e. The zero-order valence-electron chi connectivity index (χ0n) is 18.5. The first-order valence-corrected chi connectivity index (χ1v) is 10.6. The van der Waals surface area contributed by atoms with Gasteiger partial charge in [-0.05, 0) is 12.5 Å². The standard InChI is InChI=1S/C20H33N3O9/c1-2-3-7-28-9-11-30-13-15-32-16-14-31-12-10-29-8-6-21-19-5-4-18(22(24)25)17-20(19)23(26)27/h4-5,17,21H,2-3,6-16H2,1H3. The molecule has 182 valence electrons. The fourth-order valence-electron chi connectivity index (χ4n) is 2.42. The Morgan fingerprint density at radius 2 is 1.25 bits per heavy atom. The first-order chi connectivity index (χ1) is 15.6. The van der Waals surface area contributed by atoms with E-state index in [1.54, 1.807) is 0 Å². The summed E-state index contributed by atoms with van der Waals surface area (Å²) in [4.78, 5) is 20.5. The summed E-state index contributed by atoms with van der Waals surface area (Å²) in [7, 11) is 0. The van der Waals surface area contributed by atoms with E-state index in [9.17, 15) is 20.2 Å². The van der Waals surface area contributed by atoms with Crippen molar-refractivity contribution in [3.05, 3.63) is 38.4 Å². The van der Waals surface area contributed by atoms with Crippen LogP contribution >= 0.6 is 0 Å². The molecule has 0 spiro atoms. The summed E-state index contributed by atoms with van der Waals surface area (Å²) in [6.45, 7) is 7.34. The van der Waals surface area contributed by atoms with Crippen LogP contribution in [0.5, 0.6) is 0 Å². The van der Waals surface area contributed by atoms with Crippen molar-refractivity contribution < 1.29 is 33.5 Å². The van der Waals surface area contributed by atoms with Crippen LogP contribution in [0.4, 0.5) is 17.1 Å². The maximum Gasteiger partial charge on any atom is 0.299 e. The maximum atomic E-state index is 11.1. The van der Waals surface area contributed by atoms with Crippen LogP contribution in [0.2, 0.25) is 0 Å². The van der Waals surface area contributed by atoms with Gasteiger partial charge in [0.1, 0.15) is 5.69 Å². The van der Waals surface area contributed by atoms with Gasteiger partial charge in [-0.2, -0.15) is 0 Å². The summed E-state index contributed by atoms with van der Waals surface area (Å²) in [6, 6.07) is 3.45. The highest BCUT2D eigenvalue weighted by Gasteiger charge is 2.18. The van der Waals surface area contributed by atoms with E-state index in [-0.39, 0.29) is 17.1 Å². The quantitative estimate of drug-likeness (QED) is 0.165. The lowest BCUT2D eigenvalue weighted by molar-refractivity contribution is -0.393. The number of anilines is 1. The van der Waals surface area contributed by atoms with Crippen LogP contribution in [-0.4, -0.2) is 82.5 Å². The lowest BCUT2D eigenvalue weighted by atomic mass is 10.2. The number of unbranched alkanes of at least 4 members (excludes halogenated alkanes) is 1. The molecule has 1 rings (SSSR count). The number of hydrogen-bond acceptors (Lipinski definition) is 10. The molecule has 0 saturated heterocycles. The lowest BCUT2D eigenvalue weighted by Crippen LogP contribution is -2.15. The number of nitrogens with one attached hydrogen (secondary N) is 1. The minimum absolute atomic E-state index is 0.200. The SMILES string of the molecule is CCCCOCCOCCOCCOCCOCCNc1ccc([N+](=O)[O-])cc1[N+](=O)[O-]. The van der Waals surface area contributed by atoms with Crippen molar-refractivity contribution in [1.82, 2.24) is 0 Å². The van der Waals surface area contributed by atoms with Crippen LogP contribution in [0.3, 0.4) is 0 Å². The average Bonchev–Trinajstić information content (AvgIpc) is 2.78. The molecule has 0 aromatic heterocycles. The summed E-state index contributed by atoms with van der Waals surface area (Å²) in [6.07, 6.45) is 2.19. The van der Waals surface area contributed by atoms with Crippen LogP contribution in [0, 0.1) is 20.2 Å². The molecule has 0 heterocycles. The van der Waals surface area contributed by atoms with Crippen molar-refractivity contribution in [1.29, 1.82) is 0 Å².